The van der Waals surface area contributed by atoms with E-state index in [-0.39, 0.29) is 5.75 Å². The largest absolute Gasteiger partial charge is 0.490 e. The van der Waals surface area contributed by atoms with E-state index in [1.165, 1.54) is 23.8 Å². The van der Waals surface area contributed by atoms with Crippen LogP contribution in [0.25, 0.3) is 0 Å². The maximum absolute atomic E-state index is 13.4. The first-order chi connectivity index (χ1) is 8.29. The number of benzene rings is 1. The zero-order valence-electron chi connectivity index (χ0n) is 9.06. The molecule has 1 heterocycles. The molecule has 17 heavy (non-hydrogen) atoms. The molecular weight excluding hydrogens is 239 g/mol. The Hall–Kier alpha value is -1.68. The van der Waals surface area contributed by atoms with Crippen LogP contribution in [0.1, 0.15) is 15.9 Å². The van der Waals surface area contributed by atoms with Crippen LogP contribution in [0.4, 0.5) is 4.39 Å². The summed E-state index contributed by atoms with van der Waals surface area (Å²) in [4.78, 5) is 10.4. The lowest BCUT2D eigenvalue weighted by molar-refractivity contribution is 0.112. The highest BCUT2D eigenvalue weighted by atomic mass is 32.1. The van der Waals surface area contributed by atoms with Crippen LogP contribution in [-0.4, -0.2) is 12.9 Å². The topological polar surface area (TPSA) is 26.3 Å². The molecule has 0 radical (unpaired) electrons. The molecule has 0 unspecified atom stereocenters. The van der Waals surface area contributed by atoms with Gasteiger partial charge in [0, 0.05) is 12.0 Å². The van der Waals surface area contributed by atoms with Crippen molar-refractivity contribution in [3.05, 3.63) is 52.0 Å². The average Bonchev–Trinajstić information content (AvgIpc) is 2.84. The summed E-state index contributed by atoms with van der Waals surface area (Å²) in [5.74, 6) is -0.314. The van der Waals surface area contributed by atoms with Gasteiger partial charge in [0.1, 0.15) is 6.29 Å². The van der Waals surface area contributed by atoms with Crippen molar-refractivity contribution in [3.8, 4) is 5.75 Å². The summed E-state index contributed by atoms with van der Waals surface area (Å²) in [6, 6.07) is 6.20. The van der Waals surface area contributed by atoms with Crippen molar-refractivity contribution in [1.82, 2.24) is 0 Å². The Morgan fingerprint density at radius 3 is 2.88 bits per heavy atom. The molecule has 0 fully saturated rings. The van der Waals surface area contributed by atoms with Crippen LogP contribution in [0.5, 0.6) is 5.75 Å². The first-order valence-corrected chi connectivity index (χ1v) is 6.12. The van der Waals surface area contributed by atoms with E-state index in [0.29, 0.717) is 18.5 Å². The summed E-state index contributed by atoms with van der Waals surface area (Å²) in [7, 11) is 0. The molecule has 0 bridgehead atoms. The molecule has 0 aliphatic heterocycles. The second-order valence-corrected chi connectivity index (χ2v) is 4.32. The Morgan fingerprint density at radius 2 is 2.24 bits per heavy atom. The predicted octanol–water partition coefficient (Wildman–Crippen LogP) is 3.32. The number of hydrogen-bond acceptors (Lipinski definition) is 3. The maximum Gasteiger partial charge on any atom is 0.165 e. The fraction of sp³-hybridized carbons (Fsp3) is 0.154. The van der Waals surface area contributed by atoms with E-state index in [1.54, 1.807) is 11.3 Å². The SMILES string of the molecule is O=Cc1ccc(OCCc2ccsc2)c(F)c1. The Kier molecular flexibility index (Phi) is 3.88. The molecule has 2 nitrogen and oxygen atoms in total. The molecule has 4 heteroatoms. The van der Waals surface area contributed by atoms with Gasteiger partial charge in [-0.15, -0.1) is 0 Å². The zero-order valence-corrected chi connectivity index (χ0v) is 9.87. The van der Waals surface area contributed by atoms with E-state index in [9.17, 15) is 9.18 Å². The Morgan fingerprint density at radius 1 is 1.35 bits per heavy atom. The third kappa shape index (κ3) is 3.14. The molecule has 1 aromatic carbocycles. The number of ether oxygens (including phenoxy) is 1. The molecule has 0 aliphatic carbocycles. The van der Waals surface area contributed by atoms with Crippen LogP contribution in [0, 0.1) is 5.82 Å². The van der Waals surface area contributed by atoms with Crippen LogP contribution in [0.3, 0.4) is 0 Å². The predicted molar refractivity (Wildman–Crippen MR) is 65.3 cm³/mol. The van der Waals surface area contributed by atoms with Gasteiger partial charge in [0.15, 0.2) is 11.6 Å². The highest BCUT2D eigenvalue weighted by molar-refractivity contribution is 7.07. The van der Waals surface area contributed by atoms with Crippen molar-refractivity contribution >= 4 is 17.6 Å². The van der Waals surface area contributed by atoms with Gasteiger partial charge in [0.2, 0.25) is 0 Å². The molecule has 0 saturated carbocycles. The lowest BCUT2D eigenvalue weighted by Crippen LogP contribution is -2.02. The Labute approximate surface area is 103 Å². The van der Waals surface area contributed by atoms with Gasteiger partial charge in [-0.25, -0.2) is 4.39 Å². The average molecular weight is 250 g/mol. The number of rotatable bonds is 5. The monoisotopic (exact) mass is 250 g/mol. The first-order valence-electron chi connectivity index (χ1n) is 5.18. The fourth-order valence-electron chi connectivity index (χ4n) is 1.42. The molecule has 2 rings (SSSR count). The molecule has 2 aromatic rings. The second kappa shape index (κ2) is 5.59. The lowest BCUT2D eigenvalue weighted by atomic mass is 10.2. The molecule has 88 valence electrons. The Balaban J connectivity index is 1.92. The first kappa shape index (κ1) is 11.8. The molecular formula is C13H11FO2S. The van der Waals surface area contributed by atoms with Crippen LogP contribution >= 0.6 is 11.3 Å². The summed E-state index contributed by atoms with van der Waals surface area (Å²) in [6.07, 6.45) is 1.36. The smallest absolute Gasteiger partial charge is 0.165 e. The quantitative estimate of drug-likeness (QED) is 0.761. The number of aldehydes is 1. The van der Waals surface area contributed by atoms with Crippen molar-refractivity contribution < 1.29 is 13.9 Å². The molecule has 0 amide bonds. The van der Waals surface area contributed by atoms with Gasteiger partial charge in [-0.3, -0.25) is 4.79 Å². The molecule has 0 atom stereocenters. The maximum atomic E-state index is 13.4. The van der Waals surface area contributed by atoms with E-state index in [4.69, 9.17) is 4.74 Å². The fourth-order valence-corrected chi connectivity index (χ4v) is 2.12. The van der Waals surface area contributed by atoms with Gasteiger partial charge in [0.05, 0.1) is 6.61 Å². The molecule has 0 N–H and O–H groups in total. The van der Waals surface area contributed by atoms with Crippen LogP contribution < -0.4 is 4.74 Å². The second-order valence-electron chi connectivity index (χ2n) is 3.54. The van der Waals surface area contributed by atoms with Crippen LogP contribution in [-0.2, 0) is 6.42 Å². The number of carbonyl (C=O) groups excluding carboxylic acids is 1. The minimum absolute atomic E-state index is 0.186. The van der Waals surface area contributed by atoms with Gasteiger partial charge >= 0.3 is 0 Å². The van der Waals surface area contributed by atoms with E-state index in [2.05, 4.69) is 0 Å². The van der Waals surface area contributed by atoms with E-state index >= 15 is 0 Å². The third-order valence-electron chi connectivity index (χ3n) is 2.32. The number of halogens is 1. The van der Waals surface area contributed by atoms with Gasteiger partial charge in [-0.1, -0.05) is 0 Å². The number of carbonyl (C=O) groups is 1. The van der Waals surface area contributed by atoms with Gasteiger partial charge in [-0.2, -0.15) is 11.3 Å². The third-order valence-corrected chi connectivity index (χ3v) is 3.05. The molecule has 0 saturated heterocycles. The summed E-state index contributed by atoms with van der Waals surface area (Å²) < 4.78 is 18.7. The highest BCUT2D eigenvalue weighted by Crippen LogP contribution is 2.18. The van der Waals surface area contributed by atoms with Crippen molar-refractivity contribution in [3.63, 3.8) is 0 Å². The number of thiophene rings is 1. The minimum atomic E-state index is -0.500. The van der Waals surface area contributed by atoms with E-state index in [1.807, 2.05) is 16.8 Å². The summed E-state index contributed by atoms with van der Waals surface area (Å²) in [6.45, 7) is 0.425. The van der Waals surface area contributed by atoms with Gasteiger partial charge in [0.25, 0.3) is 0 Å². The van der Waals surface area contributed by atoms with Crippen molar-refractivity contribution in [2.24, 2.45) is 0 Å². The summed E-state index contributed by atoms with van der Waals surface area (Å²) >= 11 is 1.63. The van der Waals surface area contributed by atoms with Gasteiger partial charge in [-0.05, 0) is 40.6 Å². The van der Waals surface area contributed by atoms with Crippen LogP contribution in [0.15, 0.2) is 35.0 Å². The summed E-state index contributed by atoms with van der Waals surface area (Å²) in [5, 5.41) is 4.03. The van der Waals surface area contributed by atoms with Crippen LogP contribution in [0.2, 0.25) is 0 Å². The molecule has 0 spiro atoms. The normalized spacial score (nSPS) is 10.2. The van der Waals surface area contributed by atoms with Gasteiger partial charge < -0.3 is 4.74 Å². The Bertz CT molecular complexity index is 494. The van der Waals surface area contributed by atoms with Crippen molar-refractivity contribution in [2.75, 3.05) is 6.61 Å². The lowest BCUT2D eigenvalue weighted by Gasteiger charge is -2.06. The number of hydrogen-bond donors (Lipinski definition) is 0. The minimum Gasteiger partial charge on any atom is -0.490 e. The molecule has 0 aliphatic rings. The standard InChI is InChI=1S/C13H11FO2S/c14-12-7-11(8-15)1-2-13(12)16-5-3-10-4-6-17-9-10/h1-2,4,6-9H,3,5H2. The molecule has 1 aromatic heterocycles. The zero-order chi connectivity index (χ0) is 12.1. The van der Waals surface area contributed by atoms with E-state index in [0.717, 1.165) is 6.42 Å². The highest BCUT2D eigenvalue weighted by Gasteiger charge is 2.04. The van der Waals surface area contributed by atoms with E-state index < -0.39 is 5.82 Å². The summed E-state index contributed by atoms with van der Waals surface area (Å²) in [5.41, 5.74) is 1.49. The van der Waals surface area contributed by atoms with Crippen molar-refractivity contribution in [1.29, 1.82) is 0 Å². The van der Waals surface area contributed by atoms with Crippen molar-refractivity contribution in [2.45, 2.75) is 6.42 Å².